The maximum Gasteiger partial charge on any atom is 0.228 e. The number of carbonyl (C=O) groups is 1. The van der Waals surface area contributed by atoms with E-state index in [2.05, 4.69) is 12.2 Å². The van der Waals surface area contributed by atoms with Crippen LogP contribution in [0.25, 0.3) is 0 Å². The summed E-state index contributed by atoms with van der Waals surface area (Å²) in [6, 6.07) is 7.38. The number of carbonyl (C=O) groups excluding carboxylic acids is 1. The lowest BCUT2D eigenvalue weighted by atomic mass is 10.1. The molecule has 0 aliphatic carbocycles. The summed E-state index contributed by atoms with van der Waals surface area (Å²) in [6.07, 6.45) is 1.16. The minimum Gasteiger partial charge on any atom is -0.491 e. The number of benzene rings is 1. The molecular formula is C14H22N2O2. The summed E-state index contributed by atoms with van der Waals surface area (Å²) in [5.41, 5.74) is 6.20. The van der Waals surface area contributed by atoms with E-state index in [9.17, 15) is 4.79 Å². The molecule has 0 bridgehead atoms. The van der Waals surface area contributed by atoms with E-state index in [0.717, 1.165) is 17.9 Å². The Bertz CT molecular complexity index is 376. The van der Waals surface area contributed by atoms with Crippen LogP contribution in [0.2, 0.25) is 0 Å². The Morgan fingerprint density at radius 1 is 1.33 bits per heavy atom. The molecule has 0 fully saturated rings. The molecule has 18 heavy (non-hydrogen) atoms. The first kappa shape index (κ1) is 14.5. The topological polar surface area (TPSA) is 64.3 Å². The number of hydrogen-bond donors (Lipinski definition) is 2. The fourth-order valence-corrected chi connectivity index (χ4v) is 1.30. The molecule has 3 N–H and O–H groups in total. The Labute approximate surface area is 109 Å². The zero-order chi connectivity index (χ0) is 13.5. The van der Waals surface area contributed by atoms with Gasteiger partial charge in [0.25, 0.3) is 0 Å². The van der Waals surface area contributed by atoms with Gasteiger partial charge in [-0.3, -0.25) is 4.79 Å². The average Bonchev–Trinajstić information content (AvgIpc) is 2.39. The third kappa shape index (κ3) is 4.37. The van der Waals surface area contributed by atoms with Crippen LogP contribution < -0.4 is 15.8 Å². The van der Waals surface area contributed by atoms with Crippen molar-refractivity contribution in [3.05, 3.63) is 24.3 Å². The molecule has 0 heterocycles. The van der Waals surface area contributed by atoms with Gasteiger partial charge < -0.3 is 15.8 Å². The van der Waals surface area contributed by atoms with Crippen molar-refractivity contribution < 1.29 is 9.53 Å². The van der Waals surface area contributed by atoms with Gasteiger partial charge in [0.15, 0.2) is 0 Å². The van der Waals surface area contributed by atoms with Gasteiger partial charge in [-0.05, 0) is 37.6 Å². The van der Waals surface area contributed by atoms with Gasteiger partial charge in [-0.25, -0.2) is 0 Å². The molecule has 2 atom stereocenters. The second kappa shape index (κ2) is 7.01. The van der Waals surface area contributed by atoms with Crippen molar-refractivity contribution >= 4 is 11.6 Å². The molecule has 4 heteroatoms. The lowest BCUT2D eigenvalue weighted by Crippen LogP contribution is -2.26. The van der Waals surface area contributed by atoms with Gasteiger partial charge in [0.05, 0.1) is 6.10 Å². The van der Waals surface area contributed by atoms with Gasteiger partial charge in [-0.15, -0.1) is 0 Å². The molecule has 100 valence electrons. The van der Waals surface area contributed by atoms with Crippen LogP contribution in [0.3, 0.4) is 0 Å². The molecule has 0 saturated carbocycles. The Morgan fingerprint density at radius 3 is 2.44 bits per heavy atom. The Morgan fingerprint density at radius 2 is 1.94 bits per heavy atom. The van der Waals surface area contributed by atoms with Crippen LogP contribution >= 0.6 is 0 Å². The van der Waals surface area contributed by atoms with Crippen molar-refractivity contribution in [3.8, 4) is 5.75 Å². The molecule has 1 aromatic carbocycles. The van der Waals surface area contributed by atoms with Crippen LogP contribution in [-0.2, 0) is 4.79 Å². The SMILES string of the molecule is CCC(C)Oc1ccc(NC(=O)C(C)CN)cc1. The van der Waals surface area contributed by atoms with Gasteiger partial charge in [0.2, 0.25) is 5.91 Å². The predicted octanol–water partition coefficient (Wildman–Crippen LogP) is 2.40. The van der Waals surface area contributed by atoms with Crippen LogP contribution in [-0.4, -0.2) is 18.6 Å². The van der Waals surface area contributed by atoms with Gasteiger partial charge in [0.1, 0.15) is 5.75 Å². The second-order valence-corrected chi connectivity index (χ2v) is 4.49. The van der Waals surface area contributed by atoms with Crippen molar-refractivity contribution in [2.24, 2.45) is 11.7 Å². The quantitative estimate of drug-likeness (QED) is 0.814. The monoisotopic (exact) mass is 250 g/mol. The van der Waals surface area contributed by atoms with E-state index in [0.29, 0.717) is 6.54 Å². The first-order chi connectivity index (χ1) is 8.56. The van der Waals surface area contributed by atoms with E-state index >= 15 is 0 Å². The second-order valence-electron chi connectivity index (χ2n) is 4.49. The summed E-state index contributed by atoms with van der Waals surface area (Å²) >= 11 is 0. The first-order valence-corrected chi connectivity index (χ1v) is 6.34. The third-order valence-electron chi connectivity index (χ3n) is 2.84. The highest BCUT2D eigenvalue weighted by Crippen LogP contribution is 2.18. The van der Waals surface area contributed by atoms with E-state index in [1.54, 1.807) is 6.92 Å². The van der Waals surface area contributed by atoms with E-state index < -0.39 is 0 Å². The number of rotatable bonds is 6. The summed E-state index contributed by atoms with van der Waals surface area (Å²) in [5, 5.41) is 2.81. The molecule has 0 aliphatic rings. The lowest BCUT2D eigenvalue weighted by Gasteiger charge is -2.13. The van der Waals surface area contributed by atoms with Crippen LogP contribution in [0.5, 0.6) is 5.75 Å². The maximum absolute atomic E-state index is 11.6. The van der Waals surface area contributed by atoms with Gasteiger partial charge >= 0.3 is 0 Å². The molecule has 0 saturated heterocycles. The molecule has 1 amide bonds. The molecule has 0 aliphatic heterocycles. The zero-order valence-electron chi connectivity index (χ0n) is 11.3. The summed E-state index contributed by atoms with van der Waals surface area (Å²) in [5.74, 6) is 0.573. The number of amides is 1. The van der Waals surface area contributed by atoms with Crippen molar-refractivity contribution in [1.29, 1.82) is 0 Å². The van der Waals surface area contributed by atoms with Gasteiger partial charge in [-0.1, -0.05) is 13.8 Å². The van der Waals surface area contributed by atoms with E-state index in [-0.39, 0.29) is 17.9 Å². The highest BCUT2D eigenvalue weighted by atomic mass is 16.5. The summed E-state index contributed by atoms with van der Waals surface area (Å²) < 4.78 is 5.66. The van der Waals surface area contributed by atoms with E-state index in [4.69, 9.17) is 10.5 Å². The van der Waals surface area contributed by atoms with Crippen LogP contribution in [0.1, 0.15) is 27.2 Å². The largest absolute Gasteiger partial charge is 0.491 e. The highest BCUT2D eigenvalue weighted by Gasteiger charge is 2.10. The molecule has 0 spiro atoms. The molecule has 1 rings (SSSR count). The molecular weight excluding hydrogens is 228 g/mol. The maximum atomic E-state index is 11.6. The molecule has 4 nitrogen and oxygen atoms in total. The molecule has 0 aromatic heterocycles. The first-order valence-electron chi connectivity index (χ1n) is 6.34. The fraction of sp³-hybridized carbons (Fsp3) is 0.500. The Balaban J connectivity index is 2.57. The average molecular weight is 250 g/mol. The fourth-order valence-electron chi connectivity index (χ4n) is 1.30. The minimum absolute atomic E-state index is 0.0619. The van der Waals surface area contributed by atoms with E-state index in [1.807, 2.05) is 31.2 Å². The Kier molecular flexibility index (Phi) is 5.65. The van der Waals surface area contributed by atoms with Crippen molar-refractivity contribution in [3.63, 3.8) is 0 Å². The lowest BCUT2D eigenvalue weighted by molar-refractivity contribution is -0.119. The van der Waals surface area contributed by atoms with Crippen molar-refractivity contribution in [1.82, 2.24) is 0 Å². The Hall–Kier alpha value is -1.55. The standard InChI is InChI=1S/C14H22N2O2/c1-4-11(3)18-13-7-5-12(6-8-13)16-14(17)10(2)9-15/h5-8,10-11H,4,9,15H2,1-3H3,(H,16,17). The highest BCUT2D eigenvalue weighted by molar-refractivity contribution is 5.92. The smallest absolute Gasteiger partial charge is 0.228 e. The van der Waals surface area contributed by atoms with E-state index in [1.165, 1.54) is 0 Å². The third-order valence-corrected chi connectivity index (χ3v) is 2.84. The summed E-state index contributed by atoms with van der Waals surface area (Å²) in [4.78, 5) is 11.6. The molecule has 0 radical (unpaired) electrons. The zero-order valence-corrected chi connectivity index (χ0v) is 11.3. The number of nitrogens with one attached hydrogen (secondary N) is 1. The summed E-state index contributed by atoms with van der Waals surface area (Å²) in [6.45, 7) is 6.25. The normalized spacial score (nSPS) is 13.8. The van der Waals surface area contributed by atoms with Crippen LogP contribution in [0, 0.1) is 5.92 Å². The predicted molar refractivity (Wildman–Crippen MR) is 73.7 cm³/mol. The van der Waals surface area contributed by atoms with Crippen LogP contribution in [0.4, 0.5) is 5.69 Å². The number of anilines is 1. The van der Waals surface area contributed by atoms with Crippen molar-refractivity contribution in [2.45, 2.75) is 33.3 Å². The number of nitrogens with two attached hydrogens (primary N) is 1. The number of ether oxygens (including phenoxy) is 1. The summed E-state index contributed by atoms with van der Waals surface area (Å²) in [7, 11) is 0. The van der Waals surface area contributed by atoms with Crippen molar-refractivity contribution in [2.75, 3.05) is 11.9 Å². The van der Waals surface area contributed by atoms with Gasteiger partial charge in [-0.2, -0.15) is 0 Å². The molecule has 1 aromatic rings. The number of hydrogen-bond acceptors (Lipinski definition) is 3. The van der Waals surface area contributed by atoms with Gasteiger partial charge in [0, 0.05) is 18.2 Å². The molecule has 2 unspecified atom stereocenters. The minimum atomic E-state index is -0.180. The van der Waals surface area contributed by atoms with Crippen LogP contribution in [0.15, 0.2) is 24.3 Å².